The summed E-state index contributed by atoms with van der Waals surface area (Å²) in [4.78, 5) is 16.1. The molecule has 4 aromatic heterocycles. The summed E-state index contributed by atoms with van der Waals surface area (Å²) in [5.41, 5.74) is 6.84. The van der Waals surface area contributed by atoms with Crippen LogP contribution in [0.25, 0.3) is 88.8 Å². The quantitative estimate of drug-likeness (QED) is 0.119. The number of benzene rings is 9. The van der Waals surface area contributed by atoms with Crippen LogP contribution in [-0.4, -0.2) is 32.2 Å². The Morgan fingerprint density at radius 2 is 0.734 bits per heavy atom. The Bertz CT molecular complexity index is 3630. The lowest BCUT2D eigenvalue weighted by molar-refractivity contribution is 0.671. The Morgan fingerprint density at radius 3 is 1.23 bits per heavy atom. The summed E-state index contributed by atoms with van der Waals surface area (Å²) >= 11 is 0. The van der Waals surface area contributed by atoms with E-state index in [-0.39, 0.29) is 0 Å². The van der Waals surface area contributed by atoms with Gasteiger partial charge in [-0.25, -0.2) is 0 Å². The summed E-state index contributed by atoms with van der Waals surface area (Å²) in [6, 6.07) is 79.9. The summed E-state index contributed by atoms with van der Waals surface area (Å²) in [5, 5.41) is 11.8. The van der Waals surface area contributed by atoms with E-state index in [0.717, 1.165) is 71.1 Å². The van der Waals surface area contributed by atoms with Gasteiger partial charge in [-0.05, 0) is 51.1 Å². The van der Waals surface area contributed by atoms with E-state index >= 15 is 0 Å². The van der Waals surface area contributed by atoms with Crippen molar-refractivity contribution < 1.29 is 4.42 Å². The topological polar surface area (TPSA) is 61.7 Å². The SMILES string of the molecule is c1ccc([Si](c2ccccc2)(c2ccc(-c3nc(-n4c5ccccc5c5ccccc54)nc(-n4c5ccccc5c5ccccc54)n3)cc2)c2cccc3c2oc2ccccc23)cc1. The van der Waals surface area contributed by atoms with Crippen LogP contribution in [0.1, 0.15) is 0 Å². The molecule has 0 aliphatic heterocycles. The summed E-state index contributed by atoms with van der Waals surface area (Å²) in [5.74, 6) is 1.69. The van der Waals surface area contributed by atoms with Crippen molar-refractivity contribution in [3.05, 3.63) is 224 Å². The van der Waals surface area contributed by atoms with E-state index in [0.29, 0.717) is 17.7 Å². The number of para-hydroxylation sites is 6. The van der Waals surface area contributed by atoms with E-state index in [1.54, 1.807) is 0 Å². The first-order chi connectivity index (χ1) is 31.8. The van der Waals surface area contributed by atoms with E-state index in [2.05, 4.69) is 228 Å². The van der Waals surface area contributed by atoms with Gasteiger partial charge in [0.2, 0.25) is 11.9 Å². The fourth-order valence-corrected chi connectivity index (χ4v) is 15.1. The minimum Gasteiger partial charge on any atom is -0.456 e. The molecule has 6 nitrogen and oxygen atoms in total. The van der Waals surface area contributed by atoms with Crippen molar-refractivity contribution in [2.24, 2.45) is 0 Å². The number of fused-ring (bicyclic) bond motifs is 9. The molecule has 0 atom stereocenters. The van der Waals surface area contributed by atoms with Gasteiger partial charge < -0.3 is 4.42 Å². The number of aromatic nitrogens is 5. The molecule has 0 unspecified atom stereocenters. The van der Waals surface area contributed by atoms with Gasteiger partial charge in [0.25, 0.3) is 0 Å². The van der Waals surface area contributed by atoms with Gasteiger partial charge in [-0.3, -0.25) is 9.13 Å². The van der Waals surface area contributed by atoms with E-state index < -0.39 is 8.07 Å². The van der Waals surface area contributed by atoms with Gasteiger partial charge in [0.05, 0.1) is 22.1 Å². The van der Waals surface area contributed by atoms with Gasteiger partial charge in [0.15, 0.2) is 13.9 Å². The Morgan fingerprint density at radius 1 is 0.328 bits per heavy atom. The predicted octanol–water partition coefficient (Wildman–Crippen LogP) is 11.0. The molecule has 13 aromatic rings. The van der Waals surface area contributed by atoms with Crippen LogP contribution >= 0.6 is 0 Å². The van der Waals surface area contributed by atoms with Crippen molar-refractivity contribution in [3.8, 4) is 23.3 Å². The van der Waals surface area contributed by atoms with E-state index in [1.807, 2.05) is 6.07 Å². The molecular formula is C57H37N5OSi. The van der Waals surface area contributed by atoms with Gasteiger partial charge >= 0.3 is 0 Å². The molecule has 9 aromatic carbocycles. The lowest BCUT2D eigenvalue weighted by Gasteiger charge is -2.34. The normalized spacial score (nSPS) is 12.1. The lowest BCUT2D eigenvalue weighted by Crippen LogP contribution is -2.74. The Kier molecular flexibility index (Phi) is 8.13. The molecule has 0 aliphatic rings. The van der Waals surface area contributed by atoms with Crippen LogP contribution in [-0.2, 0) is 0 Å². The van der Waals surface area contributed by atoms with Crippen LogP contribution in [0.5, 0.6) is 0 Å². The van der Waals surface area contributed by atoms with Gasteiger partial charge in [-0.15, -0.1) is 0 Å². The summed E-state index contributed by atoms with van der Waals surface area (Å²) < 4.78 is 11.2. The second-order valence-electron chi connectivity index (χ2n) is 16.3. The molecule has 0 aliphatic carbocycles. The third-order valence-electron chi connectivity index (χ3n) is 13.0. The van der Waals surface area contributed by atoms with Crippen LogP contribution in [0.2, 0.25) is 0 Å². The van der Waals surface area contributed by atoms with E-state index in [1.165, 1.54) is 20.7 Å². The first-order valence-electron chi connectivity index (χ1n) is 21.6. The maximum absolute atomic E-state index is 6.87. The molecule has 13 rings (SSSR count). The maximum Gasteiger partial charge on any atom is 0.240 e. The van der Waals surface area contributed by atoms with Crippen LogP contribution in [0.15, 0.2) is 229 Å². The largest absolute Gasteiger partial charge is 0.456 e. The van der Waals surface area contributed by atoms with Crippen molar-refractivity contribution in [2.75, 3.05) is 0 Å². The molecule has 0 saturated carbocycles. The molecular weight excluding hydrogens is 799 g/mol. The highest BCUT2D eigenvalue weighted by atomic mass is 28.3. The van der Waals surface area contributed by atoms with Crippen molar-refractivity contribution in [3.63, 3.8) is 0 Å². The predicted molar refractivity (Wildman–Crippen MR) is 265 cm³/mol. The summed E-state index contributed by atoms with van der Waals surface area (Å²) in [7, 11) is -3.04. The van der Waals surface area contributed by atoms with Crippen molar-refractivity contribution >= 4 is 94.4 Å². The molecule has 0 N–H and O–H groups in total. The minimum atomic E-state index is -3.04. The molecule has 0 amide bonds. The van der Waals surface area contributed by atoms with Crippen LogP contribution < -0.4 is 20.7 Å². The third-order valence-corrected chi connectivity index (χ3v) is 17.8. The summed E-state index contributed by atoms with van der Waals surface area (Å²) in [6.45, 7) is 0. The second kappa shape index (κ2) is 14.3. The van der Waals surface area contributed by atoms with Crippen LogP contribution in [0.3, 0.4) is 0 Å². The highest BCUT2D eigenvalue weighted by molar-refractivity contribution is 7.20. The first kappa shape index (κ1) is 36.3. The second-order valence-corrected chi connectivity index (χ2v) is 20.1. The standard InChI is InChI=1S/C57H37N5OSi/c1-3-18-39(19-4-1)64(40-20-5-2-6-21-40,53-33-17-27-47-46-26-11-16-32-52(46)63-54(47)53)41-36-34-38(35-37-41)55-58-56(61-48-28-12-7-22-42(48)43-23-8-13-29-49(43)61)60-57(59-55)62-50-30-14-9-24-44(50)45-25-10-15-31-51(45)62/h1-37H. The highest BCUT2D eigenvalue weighted by Crippen LogP contribution is 2.35. The zero-order valence-electron chi connectivity index (χ0n) is 34.5. The molecule has 0 saturated heterocycles. The van der Waals surface area contributed by atoms with Crippen molar-refractivity contribution in [2.45, 2.75) is 0 Å². The smallest absolute Gasteiger partial charge is 0.240 e. The van der Waals surface area contributed by atoms with Gasteiger partial charge in [0.1, 0.15) is 11.2 Å². The number of hydrogen-bond acceptors (Lipinski definition) is 4. The first-order valence-corrected chi connectivity index (χ1v) is 23.6. The van der Waals surface area contributed by atoms with Gasteiger partial charge in [-0.2, -0.15) is 15.0 Å². The summed E-state index contributed by atoms with van der Waals surface area (Å²) in [6.07, 6.45) is 0. The number of furan rings is 1. The van der Waals surface area contributed by atoms with Crippen molar-refractivity contribution in [1.29, 1.82) is 0 Å². The Hall–Kier alpha value is -8.39. The number of hydrogen-bond donors (Lipinski definition) is 0. The molecule has 4 heterocycles. The fourth-order valence-electron chi connectivity index (χ4n) is 10.2. The molecule has 0 fully saturated rings. The average molecular weight is 836 g/mol. The lowest BCUT2D eigenvalue weighted by atomic mass is 10.1. The molecule has 0 bridgehead atoms. The Balaban J connectivity index is 1.07. The number of nitrogens with zero attached hydrogens (tertiary/aromatic N) is 5. The fraction of sp³-hybridized carbons (Fsp3) is 0. The molecule has 300 valence electrons. The number of rotatable bonds is 7. The van der Waals surface area contributed by atoms with Crippen LogP contribution in [0.4, 0.5) is 0 Å². The van der Waals surface area contributed by atoms with Gasteiger partial charge in [0, 0.05) is 37.9 Å². The zero-order valence-corrected chi connectivity index (χ0v) is 35.5. The molecule has 7 heteroatoms. The monoisotopic (exact) mass is 835 g/mol. The zero-order chi connectivity index (χ0) is 42.2. The highest BCUT2D eigenvalue weighted by Gasteiger charge is 2.43. The molecule has 64 heavy (non-hydrogen) atoms. The van der Waals surface area contributed by atoms with E-state index in [9.17, 15) is 0 Å². The van der Waals surface area contributed by atoms with Gasteiger partial charge in [-0.1, -0.05) is 194 Å². The molecule has 0 spiro atoms. The molecule has 0 radical (unpaired) electrons. The average Bonchev–Trinajstić information content (AvgIpc) is 4.03. The van der Waals surface area contributed by atoms with E-state index in [4.69, 9.17) is 19.4 Å². The Labute approximate surface area is 369 Å². The van der Waals surface area contributed by atoms with Crippen molar-refractivity contribution in [1.82, 2.24) is 24.1 Å². The third kappa shape index (κ3) is 5.34. The van der Waals surface area contributed by atoms with Crippen LogP contribution in [0, 0.1) is 0 Å². The maximum atomic E-state index is 6.87. The minimum absolute atomic E-state index is 0.553.